The first-order valence-electron chi connectivity index (χ1n) is 7.26. The Kier molecular flexibility index (Phi) is 6.50. The summed E-state index contributed by atoms with van der Waals surface area (Å²) in [5.74, 6) is 0. The summed E-state index contributed by atoms with van der Waals surface area (Å²) in [7, 11) is 0. The first-order valence-corrected chi connectivity index (χ1v) is 8.01. The molecule has 0 aliphatic carbocycles. The van der Waals surface area contributed by atoms with Gasteiger partial charge in [-0.05, 0) is 61.2 Å². The van der Waals surface area contributed by atoms with Gasteiger partial charge >= 0.3 is 0 Å². The summed E-state index contributed by atoms with van der Waals surface area (Å²) < 4.78 is 0. The van der Waals surface area contributed by atoms with Crippen molar-refractivity contribution in [2.45, 2.75) is 32.2 Å². The zero-order chi connectivity index (χ0) is 15.1. The summed E-state index contributed by atoms with van der Waals surface area (Å²) in [4.78, 5) is 4.05. The highest BCUT2D eigenvalue weighted by molar-refractivity contribution is 6.36. The van der Waals surface area contributed by atoms with Gasteiger partial charge in [0.25, 0.3) is 0 Å². The molecule has 0 radical (unpaired) electrons. The molecule has 1 heterocycles. The lowest BCUT2D eigenvalue weighted by molar-refractivity contribution is 0.491. The average Bonchev–Trinajstić information content (AvgIpc) is 2.49. The quantitative estimate of drug-likeness (QED) is 0.809. The predicted octanol–water partition coefficient (Wildman–Crippen LogP) is 4.54. The van der Waals surface area contributed by atoms with Crippen LogP contribution in [0.25, 0.3) is 0 Å². The number of benzene rings is 1. The molecular weight excluding hydrogens is 303 g/mol. The molecule has 4 heteroatoms. The Balaban J connectivity index is 2.02. The number of rotatable bonds is 7. The van der Waals surface area contributed by atoms with Crippen molar-refractivity contribution >= 4 is 23.2 Å². The first-order chi connectivity index (χ1) is 10.2. The Morgan fingerprint density at radius 2 is 1.76 bits per heavy atom. The molecule has 0 bridgehead atoms. The monoisotopic (exact) mass is 322 g/mol. The number of hydrogen-bond acceptors (Lipinski definition) is 2. The molecule has 2 nitrogen and oxygen atoms in total. The van der Waals surface area contributed by atoms with Gasteiger partial charge in [-0.2, -0.15) is 0 Å². The van der Waals surface area contributed by atoms with Crippen molar-refractivity contribution in [2.75, 3.05) is 6.54 Å². The van der Waals surface area contributed by atoms with Gasteiger partial charge in [0.1, 0.15) is 0 Å². The number of nitrogens with zero attached hydrogens (tertiary/aromatic N) is 1. The third-order valence-electron chi connectivity index (χ3n) is 3.54. The van der Waals surface area contributed by atoms with Gasteiger partial charge in [-0.25, -0.2) is 0 Å². The fraction of sp³-hybridized carbons (Fsp3) is 0.353. The number of aromatic nitrogens is 1. The van der Waals surface area contributed by atoms with Crippen LogP contribution in [-0.4, -0.2) is 17.6 Å². The number of hydrogen-bond donors (Lipinski definition) is 1. The van der Waals surface area contributed by atoms with Crippen LogP contribution in [0, 0.1) is 0 Å². The molecule has 1 aromatic heterocycles. The first kappa shape index (κ1) is 16.3. The van der Waals surface area contributed by atoms with Gasteiger partial charge in [0, 0.05) is 28.5 Å². The highest BCUT2D eigenvalue weighted by Crippen LogP contribution is 2.26. The van der Waals surface area contributed by atoms with Crippen LogP contribution < -0.4 is 5.32 Å². The molecule has 0 aliphatic rings. The number of aryl methyl sites for hydroxylation is 1. The van der Waals surface area contributed by atoms with Crippen LogP contribution in [0.2, 0.25) is 10.0 Å². The van der Waals surface area contributed by atoms with E-state index in [1.807, 2.05) is 30.6 Å². The lowest BCUT2D eigenvalue weighted by Gasteiger charge is -2.19. The van der Waals surface area contributed by atoms with E-state index in [4.69, 9.17) is 23.2 Å². The molecule has 2 rings (SSSR count). The Morgan fingerprint density at radius 1 is 1.10 bits per heavy atom. The predicted molar refractivity (Wildman–Crippen MR) is 90.2 cm³/mol. The zero-order valence-corrected chi connectivity index (χ0v) is 13.7. The molecule has 21 heavy (non-hydrogen) atoms. The van der Waals surface area contributed by atoms with E-state index in [2.05, 4.69) is 29.4 Å². The van der Waals surface area contributed by atoms with Gasteiger partial charge in [0.15, 0.2) is 0 Å². The van der Waals surface area contributed by atoms with Crippen molar-refractivity contribution < 1.29 is 0 Å². The minimum absolute atomic E-state index is 0.362. The van der Waals surface area contributed by atoms with Gasteiger partial charge in [-0.15, -0.1) is 0 Å². The highest BCUT2D eigenvalue weighted by Gasteiger charge is 2.13. The van der Waals surface area contributed by atoms with E-state index in [-0.39, 0.29) is 0 Å². The molecule has 0 fully saturated rings. The normalized spacial score (nSPS) is 12.3. The number of halogens is 2. The second-order valence-corrected chi connectivity index (χ2v) is 5.87. The van der Waals surface area contributed by atoms with Crippen molar-refractivity contribution in [3.8, 4) is 0 Å². The lowest BCUT2D eigenvalue weighted by Crippen LogP contribution is -2.31. The molecular formula is C17H20Cl2N2. The number of likely N-dealkylation sites (N-methyl/N-ethyl adjacent to an activating group) is 1. The van der Waals surface area contributed by atoms with E-state index in [0.717, 1.165) is 41.4 Å². The second-order valence-electron chi connectivity index (χ2n) is 5.05. The molecule has 0 amide bonds. The van der Waals surface area contributed by atoms with Crippen LogP contribution in [0.15, 0.2) is 42.7 Å². The highest BCUT2D eigenvalue weighted by atomic mass is 35.5. The Hall–Kier alpha value is -1.09. The van der Waals surface area contributed by atoms with Crippen molar-refractivity contribution in [1.29, 1.82) is 0 Å². The van der Waals surface area contributed by atoms with Crippen LogP contribution in [0.1, 0.15) is 24.5 Å². The molecule has 1 aromatic carbocycles. The topological polar surface area (TPSA) is 24.9 Å². The molecule has 0 aliphatic heterocycles. The van der Waals surface area contributed by atoms with Crippen LogP contribution in [-0.2, 0) is 12.8 Å². The largest absolute Gasteiger partial charge is 0.314 e. The van der Waals surface area contributed by atoms with Crippen molar-refractivity contribution in [1.82, 2.24) is 10.3 Å². The fourth-order valence-electron chi connectivity index (χ4n) is 2.43. The van der Waals surface area contributed by atoms with Gasteiger partial charge in [0.05, 0.1) is 0 Å². The van der Waals surface area contributed by atoms with E-state index < -0.39 is 0 Å². The minimum atomic E-state index is 0.362. The average molecular weight is 323 g/mol. The van der Waals surface area contributed by atoms with Gasteiger partial charge < -0.3 is 5.32 Å². The molecule has 1 atom stereocenters. The van der Waals surface area contributed by atoms with Gasteiger partial charge in [0.2, 0.25) is 0 Å². The maximum Gasteiger partial charge on any atom is 0.0453 e. The lowest BCUT2D eigenvalue weighted by atomic mass is 9.99. The van der Waals surface area contributed by atoms with E-state index >= 15 is 0 Å². The second kappa shape index (κ2) is 8.38. The zero-order valence-electron chi connectivity index (χ0n) is 12.2. The van der Waals surface area contributed by atoms with Crippen molar-refractivity contribution in [3.63, 3.8) is 0 Å². The maximum atomic E-state index is 6.27. The van der Waals surface area contributed by atoms with E-state index in [9.17, 15) is 0 Å². The Morgan fingerprint density at radius 3 is 2.38 bits per heavy atom. The SMILES string of the molecule is CCNC(CCc1ccncc1)Cc1c(Cl)cccc1Cl. The summed E-state index contributed by atoms with van der Waals surface area (Å²) in [6, 6.07) is 10.2. The molecule has 112 valence electrons. The molecule has 1 unspecified atom stereocenters. The van der Waals surface area contributed by atoms with E-state index in [0.29, 0.717) is 6.04 Å². The summed E-state index contributed by atoms with van der Waals surface area (Å²) in [5, 5.41) is 5.01. The molecule has 1 N–H and O–H groups in total. The Bertz CT molecular complexity index is 538. The molecule has 2 aromatic rings. The molecule has 0 saturated heterocycles. The van der Waals surface area contributed by atoms with Crippen LogP contribution >= 0.6 is 23.2 Å². The summed E-state index contributed by atoms with van der Waals surface area (Å²) in [6.45, 7) is 3.05. The fourth-order valence-corrected chi connectivity index (χ4v) is 2.98. The summed E-state index contributed by atoms with van der Waals surface area (Å²) in [6.07, 6.45) is 6.57. The summed E-state index contributed by atoms with van der Waals surface area (Å²) in [5.41, 5.74) is 2.33. The molecule has 0 spiro atoms. The third kappa shape index (κ3) is 4.99. The number of nitrogens with one attached hydrogen (secondary N) is 1. The smallest absolute Gasteiger partial charge is 0.0453 e. The van der Waals surface area contributed by atoms with Gasteiger partial charge in [-0.1, -0.05) is 36.2 Å². The van der Waals surface area contributed by atoms with Crippen molar-refractivity contribution in [3.05, 3.63) is 63.9 Å². The van der Waals surface area contributed by atoms with Crippen LogP contribution in [0.5, 0.6) is 0 Å². The van der Waals surface area contributed by atoms with Crippen LogP contribution in [0.4, 0.5) is 0 Å². The summed E-state index contributed by atoms with van der Waals surface area (Å²) >= 11 is 12.5. The molecule has 0 saturated carbocycles. The van der Waals surface area contributed by atoms with E-state index in [1.165, 1.54) is 5.56 Å². The van der Waals surface area contributed by atoms with E-state index in [1.54, 1.807) is 0 Å². The minimum Gasteiger partial charge on any atom is -0.314 e. The Labute approximate surface area is 136 Å². The maximum absolute atomic E-state index is 6.27. The van der Waals surface area contributed by atoms with Crippen LogP contribution in [0.3, 0.4) is 0 Å². The number of pyridine rings is 1. The van der Waals surface area contributed by atoms with Gasteiger partial charge in [-0.3, -0.25) is 4.98 Å². The third-order valence-corrected chi connectivity index (χ3v) is 4.24. The standard InChI is InChI=1S/C17H20Cl2N2/c1-2-21-14(7-6-13-8-10-20-11-9-13)12-15-16(18)4-3-5-17(15)19/h3-5,8-11,14,21H,2,6-7,12H2,1H3. The van der Waals surface area contributed by atoms with Crippen molar-refractivity contribution in [2.24, 2.45) is 0 Å².